The van der Waals surface area contributed by atoms with Crippen LogP contribution >= 0.6 is 15.8 Å². The van der Waals surface area contributed by atoms with E-state index in [4.69, 9.17) is 4.74 Å². The fourth-order valence-corrected chi connectivity index (χ4v) is 12.5. The van der Waals surface area contributed by atoms with Gasteiger partial charge in [-0.3, -0.25) is 4.55 Å². The van der Waals surface area contributed by atoms with E-state index in [1.165, 1.54) is 10.6 Å². The summed E-state index contributed by atoms with van der Waals surface area (Å²) in [5, 5.41) is 6.49. The molecule has 4 nitrogen and oxygen atoms in total. The lowest BCUT2D eigenvalue weighted by molar-refractivity contribution is 0.463. The topological polar surface area (TPSA) is 63.6 Å². The van der Waals surface area contributed by atoms with Crippen molar-refractivity contribution in [3.8, 4) is 11.5 Å². The molecule has 0 saturated carbocycles. The van der Waals surface area contributed by atoms with Crippen molar-refractivity contribution in [2.75, 3.05) is 0 Å². The van der Waals surface area contributed by atoms with E-state index in [2.05, 4.69) is 91.0 Å². The van der Waals surface area contributed by atoms with Crippen molar-refractivity contribution in [2.45, 2.75) is 25.2 Å². The van der Waals surface area contributed by atoms with Crippen LogP contribution in [0.1, 0.15) is 22.3 Å². The summed E-state index contributed by atoms with van der Waals surface area (Å²) < 4.78 is 43.8. The molecule has 0 spiro atoms. The molecule has 0 saturated heterocycles. The molecule has 46 heavy (non-hydrogen) atoms. The summed E-state index contributed by atoms with van der Waals surface area (Å²) in [5.74, 6) is 1.52. The first-order chi connectivity index (χ1) is 22.3. The second-order valence-corrected chi connectivity index (χ2v) is 17.0. The van der Waals surface area contributed by atoms with Crippen LogP contribution in [0.2, 0.25) is 0 Å². The molecule has 6 aromatic carbocycles. The first kappa shape index (κ1) is 30.5. The summed E-state index contributed by atoms with van der Waals surface area (Å²) in [4.78, 5) is -0.0281. The van der Waals surface area contributed by atoms with Gasteiger partial charge in [-0.25, -0.2) is 0 Å². The van der Waals surface area contributed by atoms with Crippen LogP contribution in [-0.4, -0.2) is 13.0 Å². The average Bonchev–Trinajstić information content (AvgIpc) is 3.07. The predicted octanol–water partition coefficient (Wildman–Crippen LogP) is 6.76. The zero-order valence-electron chi connectivity index (χ0n) is 25.5. The third-order valence-electron chi connectivity index (χ3n) is 8.41. The Morgan fingerprint density at radius 1 is 0.565 bits per heavy atom. The maximum absolute atomic E-state index is 13.0. The standard InChI is InChI=1S/C39H32O4P2S/c1-27-34-26-29-16-15-25-35(44(30-17-7-3-8-18-30)31-19-9-4-10-20-31)36(29)43-37(34)38(28(2)39(27)46(40,41)42)45(32-21-11-5-12-22-32)33-23-13-6-14-24-33/h3-25H,26H2,1-2H3,(H,40,41,42). The van der Waals surface area contributed by atoms with Crippen molar-refractivity contribution in [3.63, 3.8) is 0 Å². The third-order valence-corrected chi connectivity index (χ3v) is 14.6. The lowest BCUT2D eigenvalue weighted by Crippen LogP contribution is -2.30. The van der Waals surface area contributed by atoms with Crippen LogP contribution in [0.4, 0.5) is 0 Å². The lowest BCUT2D eigenvalue weighted by atomic mass is 9.94. The van der Waals surface area contributed by atoms with Crippen molar-refractivity contribution >= 4 is 57.8 Å². The highest BCUT2D eigenvalue weighted by molar-refractivity contribution is 7.86. The van der Waals surface area contributed by atoms with Crippen LogP contribution in [0.5, 0.6) is 11.5 Å². The third kappa shape index (κ3) is 5.59. The van der Waals surface area contributed by atoms with Crippen LogP contribution < -0.4 is 36.6 Å². The Kier molecular flexibility index (Phi) is 8.36. The maximum atomic E-state index is 13.0. The van der Waals surface area contributed by atoms with Gasteiger partial charge in [-0.15, -0.1) is 0 Å². The number of fused-ring (bicyclic) bond motifs is 2. The average molecular weight is 659 g/mol. The molecule has 0 radical (unpaired) electrons. The molecule has 1 N–H and O–H groups in total. The highest BCUT2D eigenvalue weighted by atomic mass is 32.2. The number of para-hydroxylation sites is 1. The van der Waals surface area contributed by atoms with Gasteiger partial charge in [0, 0.05) is 22.6 Å². The van der Waals surface area contributed by atoms with Crippen molar-refractivity contribution in [2.24, 2.45) is 0 Å². The molecular weight excluding hydrogens is 626 g/mol. The Morgan fingerprint density at radius 3 is 1.48 bits per heavy atom. The monoisotopic (exact) mass is 658 g/mol. The second-order valence-electron chi connectivity index (χ2n) is 11.3. The Labute approximate surface area is 273 Å². The van der Waals surface area contributed by atoms with E-state index >= 15 is 0 Å². The van der Waals surface area contributed by atoms with Gasteiger partial charge in [0.15, 0.2) is 0 Å². The van der Waals surface area contributed by atoms with E-state index in [-0.39, 0.29) is 4.90 Å². The van der Waals surface area contributed by atoms with Gasteiger partial charge in [-0.05, 0) is 67.6 Å². The molecule has 0 aromatic heterocycles. The molecule has 1 heterocycles. The zero-order valence-corrected chi connectivity index (χ0v) is 28.1. The smallest absolute Gasteiger partial charge is 0.295 e. The molecular formula is C39H32O4P2S. The minimum absolute atomic E-state index is 0.0281. The fraction of sp³-hybridized carbons (Fsp3) is 0.0769. The van der Waals surface area contributed by atoms with E-state index in [1.807, 2.05) is 48.5 Å². The summed E-state index contributed by atoms with van der Waals surface area (Å²) in [5.41, 5.74) is 2.83. The van der Waals surface area contributed by atoms with Gasteiger partial charge in [-0.2, -0.15) is 8.42 Å². The Morgan fingerprint density at radius 2 is 1.02 bits per heavy atom. The lowest BCUT2D eigenvalue weighted by Gasteiger charge is -2.33. The number of rotatable bonds is 7. The predicted molar refractivity (Wildman–Crippen MR) is 192 cm³/mol. The van der Waals surface area contributed by atoms with Gasteiger partial charge >= 0.3 is 0 Å². The highest BCUT2D eigenvalue weighted by Gasteiger charge is 2.36. The largest absolute Gasteiger partial charge is 0.455 e. The van der Waals surface area contributed by atoms with Gasteiger partial charge < -0.3 is 4.74 Å². The van der Waals surface area contributed by atoms with E-state index in [0.717, 1.165) is 38.1 Å². The van der Waals surface area contributed by atoms with Crippen LogP contribution in [-0.2, 0) is 16.5 Å². The van der Waals surface area contributed by atoms with E-state index < -0.39 is 26.0 Å². The molecule has 1 aliphatic heterocycles. The SMILES string of the molecule is Cc1c2c(c(P(c3ccccc3)c3ccccc3)c(C)c1S(=O)(=O)O)Oc1c(cccc1P(c1ccccc1)c1ccccc1)C2. The van der Waals surface area contributed by atoms with E-state index in [9.17, 15) is 13.0 Å². The first-order valence-corrected chi connectivity index (χ1v) is 19.2. The Bertz CT molecular complexity index is 2060. The van der Waals surface area contributed by atoms with Gasteiger partial charge in [0.2, 0.25) is 0 Å². The molecule has 0 atom stereocenters. The maximum Gasteiger partial charge on any atom is 0.295 e. The first-order valence-electron chi connectivity index (χ1n) is 15.1. The van der Waals surface area contributed by atoms with Crippen LogP contribution in [0.15, 0.2) is 144 Å². The summed E-state index contributed by atoms with van der Waals surface area (Å²) in [6.07, 6.45) is 0.486. The number of hydrogen-bond donors (Lipinski definition) is 1. The van der Waals surface area contributed by atoms with Crippen molar-refractivity contribution in [3.05, 3.63) is 162 Å². The quantitative estimate of drug-likeness (QED) is 0.152. The van der Waals surface area contributed by atoms with Crippen molar-refractivity contribution < 1.29 is 17.7 Å². The van der Waals surface area contributed by atoms with E-state index in [0.29, 0.717) is 23.3 Å². The molecule has 1 aliphatic rings. The second kappa shape index (κ2) is 12.6. The number of benzene rings is 6. The molecule has 7 heteroatoms. The summed E-state index contributed by atoms with van der Waals surface area (Å²) >= 11 is 0. The van der Waals surface area contributed by atoms with Gasteiger partial charge in [-0.1, -0.05) is 140 Å². The zero-order chi connectivity index (χ0) is 31.8. The molecule has 0 fully saturated rings. The van der Waals surface area contributed by atoms with Crippen LogP contribution in [0.25, 0.3) is 0 Å². The normalized spacial score (nSPS) is 12.5. The molecule has 228 valence electrons. The molecule has 7 rings (SSSR count). The fourth-order valence-electron chi connectivity index (χ4n) is 6.43. The Balaban J connectivity index is 1.51. The Hall–Kier alpha value is -4.11. The summed E-state index contributed by atoms with van der Waals surface area (Å²) in [6.45, 7) is 3.59. The summed E-state index contributed by atoms with van der Waals surface area (Å²) in [6, 6.07) is 47.7. The minimum atomic E-state index is -4.53. The molecule has 0 unspecified atom stereocenters. The molecule has 0 aliphatic carbocycles. The number of hydrogen-bond acceptors (Lipinski definition) is 3. The van der Waals surface area contributed by atoms with Crippen molar-refractivity contribution in [1.29, 1.82) is 0 Å². The summed E-state index contributed by atoms with van der Waals surface area (Å²) in [7, 11) is -6.74. The molecule has 0 amide bonds. The number of ether oxygens (including phenoxy) is 1. The van der Waals surface area contributed by atoms with Crippen molar-refractivity contribution in [1.82, 2.24) is 0 Å². The highest BCUT2D eigenvalue weighted by Crippen LogP contribution is 2.49. The van der Waals surface area contributed by atoms with Crippen LogP contribution in [0.3, 0.4) is 0 Å². The van der Waals surface area contributed by atoms with Gasteiger partial charge in [0.25, 0.3) is 10.1 Å². The minimum Gasteiger partial charge on any atom is -0.455 e. The molecule has 0 bridgehead atoms. The molecule has 6 aromatic rings. The van der Waals surface area contributed by atoms with Gasteiger partial charge in [0.05, 0.1) is 0 Å². The van der Waals surface area contributed by atoms with Gasteiger partial charge in [0.1, 0.15) is 16.4 Å². The van der Waals surface area contributed by atoms with E-state index in [1.54, 1.807) is 13.8 Å². The van der Waals surface area contributed by atoms with Crippen LogP contribution in [0, 0.1) is 13.8 Å².